The Kier molecular flexibility index (Phi) is 7.08. The van der Waals surface area contributed by atoms with E-state index in [9.17, 15) is 9.18 Å². The first-order valence-electron chi connectivity index (χ1n) is 9.41. The van der Waals surface area contributed by atoms with E-state index in [1.165, 1.54) is 12.1 Å². The van der Waals surface area contributed by atoms with Crippen LogP contribution in [-0.4, -0.2) is 63.8 Å². The summed E-state index contributed by atoms with van der Waals surface area (Å²) in [6.07, 6.45) is 0. The number of nitrogens with one attached hydrogen (secondary N) is 1. The third-order valence-corrected chi connectivity index (χ3v) is 4.74. The van der Waals surface area contributed by atoms with Crippen LogP contribution in [-0.2, 0) is 4.79 Å². The predicted octanol–water partition coefficient (Wildman–Crippen LogP) is 2.15. The molecule has 0 spiro atoms. The van der Waals surface area contributed by atoms with Crippen molar-refractivity contribution >= 4 is 11.6 Å². The molecular formula is C21H26FN3O3. The van der Waals surface area contributed by atoms with Crippen LogP contribution in [0.3, 0.4) is 0 Å². The maximum atomic E-state index is 13.0. The summed E-state index contributed by atoms with van der Waals surface area (Å²) in [6.45, 7) is 4.91. The summed E-state index contributed by atoms with van der Waals surface area (Å²) < 4.78 is 23.8. The lowest BCUT2D eigenvalue weighted by Crippen LogP contribution is -2.48. The van der Waals surface area contributed by atoms with Gasteiger partial charge in [0.1, 0.15) is 5.82 Å². The zero-order valence-electron chi connectivity index (χ0n) is 16.1. The molecule has 3 rings (SSSR count). The van der Waals surface area contributed by atoms with Crippen LogP contribution in [0.1, 0.15) is 0 Å². The van der Waals surface area contributed by atoms with Crippen molar-refractivity contribution in [1.82, 2.24) is 10.2 Å². The molecule has 150 valence electrons. The highest BCUT2D eigenvalue weighted by molar-refractivity contribution is 5.77. The van der Waals surface area contributed by atoms with Crippen LogP contribution in [0.5, 0.6) is 11.5 Å². The summed E-state index contributed by atoms with van der Waals surface area (Å²) in [4.78, 5) is 16.5. The number of methoxy groups -OCH3 is 1. The molecule has 0 atom stereocenters. The Balaban J connectivity index is 1.33. The number of amides is 1. The molecule has 2 aromatic carbocycles. The largest absolute Gasteiger partial charge is 0.493 e. The summed E-state index contributed by atoms with van der Waals surface area (Å²) >= 11 is 0. The molecule has 1 N–H and O–H groups in total. The molecule has 2 aromatic rings. The molecule has 1 aliphatic rings. The number of rotatable bonds is 8. The smallest absolute Gasteiger partial charge is 0.257 e. The maximum Gasteiger partial charge on any atom is 0.257 e. The van der Waals surface area contributed by atoms with E-state index in [0.29, 0.717) is 18.0 Å². The van der Waals surface area contributed by atoms with Crippen LogP contribution < -0.4 is 19.7 Å². The minimum atomic E-state index is -0.215. The number of benzene rings is 2. The van der Waals surface area contributed by atoms with E-state index in [0.717, 1.165) is 38.4 Å². The van der Waals surface area contributed by atoms with Gasteiger partial charge in [-0.25, -0.2) is 4.39 Å². The van der Waals surface area contributed by atoms with Crippen LogP contribution in [0.25, 0.3) is 0 Å². The molecule has 0 saturated carbocycles. The Bertz CT molecular complexity index is 762. The van der Waals surface area contributed by atoms with Gasteiger partial charge < -0.3 is 19.7 Å². The first kappa shape index (κ1) is 19.9. The third-order valence-electron chi connectivity index (χ3n) is 4.74. The van der Waals surface area contributed by atoms with Gasteiger partial charge in [-0.15, -0.1) is 0 Å². The lowest BCUT2D eigenvalue weighted by atomic mass is 10.2. The molecule has 28 heavy (non-hydrogen) atoms. The van der Waals surface area contributed by atoms with E-state index in [4.69, 9.17) is 9.47 Å². The van der Waals surface area contributed by atoms with Gasteiger partial charge in [0, 0.05) is 45.0 Å². The van der Waals surface area contributed by atoms with Gasteiger partial charge in [0.15, 0.2) is 18.1 Å². The number of anilines is 1. The van der Waals surface area contributed by atoms with Gasteiger partial charge in [-0.2, -0.15) is 0 Å². The molecule has 1 saturated heterocycles. The van der Waals surface area contributed by atoms with Crippen molar-refractivity contribution in [3.8, 4) is 11.5 Å². The maximum absolute atomic E-state index is 13.0. The van der Waals surface area contributed by atoms with Gasteiger partial charge in [0.25, 0.3) is 5.91 Å². The highest BCUT2D eigenvalue weighted by Gasteiger charge is 2.17. The van der Waals surface area contributed by atoms with Gasteiger partial charge in [0.2, 0.25) is 0 Å². The van der Waals surface area contributed by atoms with Gasteiger partial charge in [0.05, 0.1) is 7.11 Å². The molecular weight excluding hydrogens is 361 g/mol. The Labute approximate surface area is 164 Å². The van der Waals surface area contributed by atoms with Crippen LogP contribution in [0.4, 0.5) is 10.1 Å². The van der Waals surface area contributed by atoms with Gasteiger partial charge in [-0.05, 0) is 36.4 Å². The van der Waals surface area contributed by atoms with E-state index in [1.54, 1.807) is 19.2 Å². The predicted molar refractivity (Wildman–Crippen MR) is 107 cm³/mol. The summed E-state index contributed by atoms with van der Waals surface area (Å²) in [5, 5.41) is 2.89. The van der Waals surface area contributed by atoms with Crippen LogP contribution in [0, 0.1) is 5.82 Å². The van der Waals surface area contributed by atoms with E-state index in [1.807, 2.05) is 24.3 Å². The number of halogens is 1. The normalized spacial score (nSPS) is 14.6. The molecule has 1 aliphatic heterocycles. The first-order valence-corrected chi connectivity index (χ1v) is 9.41. The number of ether oxygens (including phenoxy) is 2. The first-order chi connectivity index (χ1) is 13.7. The van der Waals surface area contributed by atoms with Crippen molar-refractivity contribution in [2.75, 3.05) is 57.9 Å². The minimum absolute atomic E-state index is 0.0429. The van der Waals surface area contributed by atoms with Crippen LogP contribution in [0.15, 0.2) is 48.5 Å². The fourth-order valence-electron chi connectivity index (χ4n) is 3.17. The quantitative estimate of drug-likeness (QED) is 0.752. The third kappa shape index (κ3) is 5.60. The molecule has 0 bridgehead atoms. The van der Waals surface area contributed by atoms with Crippen molar-refractivity contribution in [3.05, 3.63) is 54.3 Å². The minimum Gasteiger partial charge on any atom is -0.493 e. The fraction of sp³-hybridized carbons (Fsp3) is 0.381. The highest BCUT2D eigenvalue weighted by atomic mass is 19.1. The van der Waals surface area contributed by atoms with E-state index >= 15 is 0 Å². The van der Waals surface area contributed by atoms with Crippen molar-refractivity contribution in [3.63, 3.8) is 0 Å². The molecule has 0 aliphatic carbocycles. The zero-order chi connectivity index (χ0) is 19.8. The van der Waals surface area contributed by atoms with Crippen molar-refractivity contribution < 1.29 is 18.7 Å². The molecule has 1 fully saturated rings. The number of para-hydroxylation sites is 2. The summed E-state index contributed by atoms with van der Waals surface area (Å²) in [7, 11) is 1.57. The molecule has 0 aromatic heterocycles. The highest BCUT2D eigenvalue weighted by Crippen LogP contribution is 2.25. The van der Waals surface area contributed by atoms with Gasteiger partial charge >= 0.3 is 0 Å². The van der Waals surface area contributed by atoms with E-state index in [2.05, 4.69) is 15.1 Å². The molecule has 1 heterocycles. The second-order valence-electron chi connectivity index (χ2n) is 6.59. The number of carbonyl (C=O) groups excluding carboxylic acids is 1. The monoisotopic (exact) mass is 387 g/mol. The number of hydrogen-bond acceptors (Lipinski definition) is 5. The Morgan fingerprint density at radius 3 is 2.39 bits per heavy atom. The number of nitrogens with zero attached hydrogens (tertiary/aromatic N) is 2. The van der Waals surface area contributed by atoms with Crippen molar-refractivity contribution in [1.29, 1.82) is 0 Å². The van der Waals surface area contributed by atoms with Gasteiger partial charge in [-0.3, -0.25) is 9.69 Å². The number of carbonyl (C=O) groups is 1. The average Bonchev–Trinajstić information content (AvgIpc) is 2.73. The number of piperazine rings is 1. The summed E-state index contributed by atoms with van der Waals surface area (Å²) in [5.41, 5.74) is 1.04. The molecule has 7 heteroatoms. The molecule has 0 unspecified atom stereocenters. The van der Waals surface area contributed by atoms with E-state index < -0.39 is 0 Å². The Morgan fingerprint density at radius 2 is 1.71 bits per heavy atom. The Hall–Kier alpha value is -2.80. The summed E-state index contributed by atoms with van der Waals surface area (Å²) in [6, 6.07) is 13.9. The topological polar surface area (TPSA) is 54.0 Å². The molecule has 6 nitrogen and oxygen atoms in total. The standard InChI is InChI=1S/C21H26FN3O3/c1-27-19-4-2-3-5-20(19)28-16-21(26)23-10-11-24-12-14-25(15-13-24)18-8-6-17(22)7-9-18/h2-9H,10-16H2,1H3,(H,23,26). The second-order valence-corrected chi connectivity index (χ2v) is 6.59. The lowest BCUT2D eigenvalue weighted by Gasteiger charge is -2.36. The molecule has 0 radical (unpaired) electrons. The SMILES string of the molecule is COc1ccccc1OCC(=O)NCCN1CCN(c2ccc(F)cc2)CC1. The van der Waals surface area contributed by atoms with Crippen molar-refractivity contribution in [2.45, 2.75) is 0 Å². The van der Waals surface area contributed by atoms with Crippen LogP contribution in [0.2, 0.25) is 0 Å². The average molecular weight is 387 g/mol. The molecule has 1 amide bonds. The Morgan fingerprint density at radius 1 is 1.04 bits per heavy atom. The fourth-order valence-corrected chi connectivity index (χ4v) is 3.17. The van der Waals surface area contributed by atoms with Crippen molar-refractivity contribution in [2.24, 2.45) is 0 Å². The summed E-state index contributed by atoms with van der Waals surface area (Å²) in [5.74, 6) is 0.787. The van der Waals surface area contributed by atoms with E-state index in [-0.39, 0.29) is 18.3 Å². The lowest BCUT2D eigenvalue weighted by molar-refractivity contribution is -0.123. The zero-order valence-corrected chi connectivity index (χ0v) is 16.1. The number of hydrogen-bond donors (Lipinski definition) is 1. The second kappa shape index (κ2) is 9.94. The van der Waals surface area contributed by atoms with Gasteiger partial charge in [-0.1, -0.05) is 12.1 Å². The van der Waals surface area contributed by atoms with Crippen LogP contribution >= 0.6 is 0 Å².